The third-order valence-electron chi connectivity index (χ3n) is 2.75. The molecule has 0 unspecified atom stereocenters. The summed E-state index contributed by atoms with van der Waals surface area (Å²) < 4.78 is 13.5. The Morgan fingerprint density at radius 2 is 2.05 bits per heavy atom. The van der Waals surface area contributed by atoms with Crippen molar-refractivity contribution in [2.75, 3.05) is 14.2 Å². The lowest BCUT2D eigenvalue weighted by molar-refractivity contribution is -0.116. The molecule has 2 aromatic rings. The minimum atomic E-state index is -0.228. The minimum Gasteiger partial charge on any atom is -0.493 e. The average molecular weight is 292 g/mol. The maximum atomic E-state index is 11.2. The number of rotatable bonds is 4. The Labute approximate surface area is 120 Å². The molecule has 0 saturated heterocycles. The van der Waals surface area contributed by atoms with E-state index in [1.807, 2.05) is 16.7 Å². The first-order chi connectivity index (χ1) is 9.60. The smallest absolute Gasteiger partial charge is 0.245 e. The molecule has 0 saturated carbocycles. The van der Waals surface area contributed by atoms with Gasteiger partial charge >= 0.3 is 0 Å². The van der Waals surface area contributed by atoms with Crippen molar-refractivity contribution < 1.29 is 14.3 Å². The first-order valence-corrected chi connectivity index (χ1v) is 6.84. The third kappa shape index (κ3) is 2.60. The van der Waals surface area contributed by atoms with E-state index >= 15 is 0 Å². The van der Waals surface area contributed by atoms with Gasteiger partial charge in [0.15, 0.2) is 16.3 Å². The SMILES string of the molecule is C=CCn1c(=NC(C)=O)sc2cc(OC)c(OC)cc21. The number of hydrogen-bond donors (Lipinski definition) is 0. The maximum absolute atomic E-state index is 11.2. The van der Waals surface area contributed by atoms with Crippen molar-refractivity contribution in [2.24, 2.45) is 4.99 Å². The zero-order chi connectivity index (χ0) is 14.7. The van der Waals surface area contributed by atoms with E-state index in [2.05, 4.69) is 11.6 Å². The van der Waals surface area contributed by atoms with Crippen LogP contribution in [0.2, 0.25) is 0 Å². The molecule has 0 atom stereocenters. The molecule has 0 spiro atoms. The van der Waals surface area contributed by atoms with Gasteiger partial charge in [0, 0.05) is 25.6 Å². The number of hydrogen-bond acceptors (Lipinski definition) is 4. The number of allylic oxidation sites excluding steroid dienone is 1. The summed E-state index contributed by atoms with van der Waals surface area (Å²) in [6.45, 7) is 5.75. The van der Waals surface area contributed by atoms with Crippen LogP contribution in [0.15, 0.2) is 29.8 Å². The lowest BCUT2D eigenvalue weighted by Crippen LogP contribution is -2.15. The second kappa shape index (κ2) is 5.92. The van der Waals surface area contributed by atoms with Crippen LogP contribution in [-0.4, -0.2) is 24.7 Å². The van der Waals surface area contributed by atoms with E-state index in [4.69, 9.17) is 9.47 Å². The van der Waals surface area contributed by atoms with Crippen molar-refractivity contribution in [3.63, 3.8) is 0 Å². The van der Waals surface area contributed by atoms with Crippen LogP contribution in [0, 0.1) is 0 Å². The van der Waals surface area contributed by atoms with Gasteiger partial charge in [-0.25, -0.2) is 0 Å². The van der Waals surface area contributed by atoms with Crippen LogP contribution in [-0.2, 0) is 11.3 Å². The molecular weight excluding hydrogens is 276 g/mol. The van der Waals surface area contributed by atoms with Crippen LogP contribution < -0.4 is 14.3 Å². The molecule has 0 aliphatic rings. The molecule has 0 fully saturated rings. The monoisotopic (exact) mass is 292 g/mol. The third-order valence-corrected chi connectivity index (χ3v) is 3.79. The molecule has 1 heterocycles. The lowest BCUT2D eigenvalue weighted by Gasteiger charge is -2.08. The predicted octanol–water partition coefficient (Wildman–Crippen LogP) is 2.35. The highest BCUT2D eigenvalue weighted by Crippen LogP contribution is 2.33. The molecule has 1 aromatic heterocycles. The Bertz CT molecular complexity index is 728. The summed E-state index contributed by atoms with van der Waals surface area (Å²) in [5.74, 6) is 1.07. The summed E-state index contributed by atoms with van der Waals surface area (Å²) >= 11 is 1.43. The fourth-order valence-corrected chi connectivity index (χ4v) is 3.02. The second-order valence-electron chi connectivity index (χ2n) is 4.09. The Kier molecular flexibility index (Phi) is 4.24. The number of thiazole rings is 1. The summed E-state index contributed by atoms with van der Waals surface area (Å²) in [5, 5.41) is 0. The molecule has 1 amide bonds. The van der Waals surface area contributed by atoms with Gasteiger partial charge in [-0.05, 0) is 0 Å². The van der Waals surface area contributed by atoms with Crippen molar-refractivity contribution in [3.8, 4) is 11.5 Å². The van der Waals surface area contributed by atoms with Gasteiger partial charge in [-0.3, -0.25) is 4.79 Å². The van der Waals surface area contributed by atoms with Crippen molar-refractivity contribution in [1.82, 2.24) is 4.57 Å². The van der Waals surface area contributed by atoms with E-state index in [0.717, 1.165) is 10.2 Å². The first kappa shape index (κ1) is 14.3. The highest BCUT2D eigenvalue weighted by atomic mass is 32.1. The first-order valence-electron chi connectivity index (χ1n) is 6.02. The number of fused-ring (bicyclic) bond motifs is 1. The number of ether oxygens (including phenoxy) is 2. The summed E-state index contributed by atoms with van der Waals surface area (Å²) in [4.78, 5) is 15.9. The van der Waals surface area contributed by atoms with Crippen LogP contribution in [0.4, 0.5) is 0 Å². The van der Waals surface area contributed by atoms with Crippen LogP contribution in [0.5, 0.6) is 11.5 Å². The van der Waals surface area contributed by atoms with Crippen LogP contribution in [0.3, 0.4) is 0 Å². The predicted molar refractivity (Wildman–Crippen MR) is 79.4 cm³/mol. The van der Waals surface area contributed by atoms with E-state index in [-0.39, 0.29) is 5.91 Å². The molecule has 5 nitrogen and oxygen atoms in total. The van der Waals surface area contributed by atoms with Crippen molar-refractivity contribution >= 4 is 27.5 Å². The molecule has 0 radical (unpaired) electrons. The molecule has 2 rings (SSSR count). The van der Waals surface area contributed by atoms with Crippen LogP contribution in [0.25, 0.3) is 10.2 Å². The van der Waals surface area contributed by atoms with Gasteiger partial charge in [-0.15, -0.1) is 6.58 Å². The highest BCUT2D eigenvalue weighted by Gasteiger charge is 2.12. The van der Waals surface area contributed by atoms with Gasteiger partial charge in [-0.2, -0.15) is 4.99 Å². The number of benzene rings is 1. The number of carbonyl (C=O) groups is 1. The maximum Gasteiger partial charge on any atom is 0.245 e. The van der Waals surface area contributed by atoms with E-state index < -0.39 is 0 Å². The Morgan fingerprint density at radius 3 is 2.60 bits per heavy atom. The standard InChI is InChI=1S/C14H16N2O3S/c1-5-6-16-10-7-11(18-3)12(19-4)8-13(10)20-14(16)15-9(2)17/h5,7-8H,1,6H2,2-4H3. The topological polar surface area (TPSA) is 52.8 Å². The molecule has 6 heteroatoms. The average Bonchev–Trinajstić information content (AvgIpc) is 2.74. The van der Waals surface area contributed by atoms with E-state index in [0.29, 0.717) is 22.8 Å². The molecule has 1 aromatic carbocycles. The summed E-state index contributed by atoms with van der Waals surface area (Å²) in [6, 6.07) is 3.77. The van der Waals surface area contributed by atoms with Gasteiger partial charge in [0.1, 0.15) is 0 Å². The van der Waals surface area contributed by atoms with Crippen LogP contribution in [0.1, 0.15) is 6.92 Å². The quantitative estimate of drug-likeness (QED) is 0.813. The fraction of sp³-hybridized carbons (Fsp3) is 0.286. The summed E-state index contributed by atoms with van der Waals surface area (Å²) in [7, 11) is 3.19. The highest BCUT2D eigenvalue weighted by molar-refractivity contribution is 7.16. The Morgan fingerprint density at radius 1 is 1.40 bits per heavy atom. The van der Waals surface area contributed by atoms with Crippen LogP contribution >= 0.6 is 11.3 Å². The largest absolute Gasteiger partial charge is 0.493 e. The van der Waals surface area contributed by atoms with Gasteiger partial charge in [0.2, 0.25) is 5.91 Å². The molecule has 20 heavy (non-hydrogen) atoms. The summed E-state index contributed by atoms with van der Waals surface area (Å²) in [5.41, 5.74) is 0.938. The number of methoxy groups -OCH3 is 2. The van der Waals surface area contributed by atoms with E-state index in [9.17, 15) is 4.79 Å². The van der Waals surface area contributed by atoms with Crippen molar-refractivity contribution in [3.05, 3.63) is 29.6 Å². The van der Waals surface area contributed by atoms with E-state index in [1.54, 1.807) is 20.3 Å². The molecule has 106 valence electrons. The molecular formula is C14H16N2O3S. The number of carbonyl (C=O) groups excluding carboxylic acids is 1. The zero-order valence-electron chi connectivity index (χ0n) is 11.7. The molecule has 0 aliphatic carbocycles. The number of nitrogens with zero attached hydrogens (tertiary/aromatic N) is 2. The minimum absolute atomic E-state index is 0.228. The fourth-order valence-electron chi connectivity index (χ4n) is 1.92. The Hall–Kier alpha value is -2.08. The zero-order valence-corrected chi connectivity index (χ0v) is 12.5. The second-order valence-corrected chi connectivity index (χ2v) is 5.10. The number of aromatic nitrogens is 1. The summed E-state index contributed by atoms with van der Waals surface area (Å²) in [6.07, 6.45) is 1.77. The Balaban J connectivity index is 2.80. The molecule has 0 bridgehead atoms. The normalized spacial score (nSPS) is 11.7. The number of amides is 1. The van der Waals surface area contributed by atoms with Gasteiger partial charge < -0.3 is 14.0 Å². The lowest BCUT2D eigenvalue weighted by atomic mass is 10.3. The van der Waals surface area contributed by atoms with Gasteiger partial charge in [-0.1, -0.05) is 17.4 Å². The molecule has 0 N–H and O–H groups in total. The van der Waals surface area contributed by atoms with Gasteiger partial charge in [0.05, 0.1) is 24.4 Å². The van der Waals surface area contributed by atoms with E-state index in [1.165, 1.54) is 18.3 Å². The molecule has 0 aliphatic heterocycles. The van der Waals surface area contributed by atoms with Gasteiger partial charge in [0.25, 0.3) is 0 Å². The van der Waals surface area contributed by atoms with Crippen molar-refractivity contribution in [2.45, 2.75) is 13.5 Å². The van der Waals surface area contributed by atoms with Crippen molar-refractivity contribution in [1.29, 1.82) is 0 Å².